The van der Waals surface area contributed by atoms with Gasteiger partial charge in [-0.05, 0) is 53.8 Å². The van der Waals surface area contributed by atoms with E-state index in [9.17, 15) is 9.59 Å². The molecule has 0 radical (unpaired) electrons. The predicted molar refractivity (Wildman–Crippen MR) is 119 cm³/mol. The molecule has 30 heavy (non-hydrogen) atoms. The average molecular weight is 402 g/mol. The number of ether oxygens (including phenoxy) is 1. The maximum atomic E-state index is 13.0. The molecule has 3 aromatic rings. The Balaban J connectivity index is 1.40. The number of carbonyl (C=O) groups is 2. The lowest BCUT2D eigenvalue weighted by atomic mass is 9.98. The summed E-state index contributed by atoms with van der Waals surface area (Å²) in [7, 11) is 0. The van der Waals surface area contributed by atoms with Crippen LogP contribution in [0.5, 0.6) is 5.75 Å². The van der Waals surface area contributed by atoms with Crippen molar-refractivity contribution in [2.24, 2.45) is 5.92 Å². The quantitative estimate of drug-likeness (QED) is 0.671. The molecule has 5 heteroatoms. The summed E-state index contributed by atoms with van der Waals surface area (Å²) in [6, 6.07) is 20.9. The molecule has 0 bridgehead atoms. The van der Waals surface area contributed by atoms with E-state index in [1.807, 2.05) is 59.5 Å². The number of carbonyl (C=O) groups excluding carboxylic acids is 2. The second-order valence-electron chi connectivity index (χ2n) is 7.87. The number of anilines is 1. The summed E-state index contributed by atoms with van der Waals surface area (Å²) in [6.45, 7) is 3.61. The molecule has 1 N–H and O–H groups in total. The van der Waals surface area contributed by atoms with Crippen molar-refractivity contribution in [3.8, 4) is 5.75 Å². The van der Waals surface area contributed by atoms with Gasteiger partial charge in [0.25, 0.3) is 11.8 Å². The zero-order valence-corrected chi connectivity index (χ0v) is 17.1. The van der Waals surface area contributed by atoms with E-state index in [0.29, 0.717) is 22.9 Å². The summed E-state index contributed by atoms with van der Waals surface area (Å²) in [5.41, 5.74) is 1.04. The van der Waals surface area contributed by atoms with Gasteiger partial charge in [-0.2, -0.15) is 0 Å². The molecule has 0 aromatic heterocycles. The normalized spacial score (nSPS) is 14.5. The molecule has 0 spiro atoms. The van der Waals surface area contributed by atoms with Crippen LogP contribution < -0.4 is 10.1 Å². The zero-order chi connectivity index (χ0) is 20.9. The minimum Gasteiger partial charge on any atom is -0.484 e. The topological polar surface area (TPSA) is 58.6 Å². The molecule has 4 rings (SSSR count). The lowest BCUT2D eigenvalue weighted by molar-refractivity contribution is -0.118. The van der Waals surface area contributed by atoms with Crippen molar-refractivity contribution in [1.29, 1.82) is 0 Å². The van der Waals surface area contributed by atoms with Crippen molar-refractivity contribution in [3.63, 3.8) is 0 Å². The van der Waals surface area contributed by atoms with Gasteiger partial charge in [0.15, 0.2) is 6.61 Å². The Morgan fingerprint density at radius 1 is 0.967 bits per heavy atom. The van der Waals surface area contributed by atoms with Gasteiger partial charge in [-0.1, -0.05) is 49.4 Å². The van der Waals surface area contributed by atoms with Gasteiger partial charge >= 0.3 is 0 Å². The number of nitrogens with zero attached hydrogens (tertiary/aromatic N) is 1. The number of para-hydroxylation sites is 1. The molecule has 5 nitrogen and oxygen atoms in total. The third-order valence-electron chi connectivity index (χ3n) is 5.59. The van der Waals surface area contributed by atoms with E-state index in [1.165, 1.54) is 0 Å². The van der Waals surface area contributed by atoms with Crippen molar-refractivity contribution < 1.29 is 14.3 Å². The van der Waals surface area contributed by atoms with Crippen LogP contribution in [-0.2, 0) is 4.79 Å². The minimum absolute atomic E-state index is 0.0340. The smallest absolute Gasteiger partial charge is 0.262 e. The Bertz CT molecular complexity index is 1050. The molecule has 2 amide bonds. The van der Waals surface area contributed by atoms with Crippen LogP contribution in [-0.4, -0.2) is 36.4 Å². The maximum Gasteiger partial charge on any atom is 0.262 e. The molecule has 0 unspecified atom stereocenters. The Labute approximate surface area is 176 Å². The third kappa shape index (κ3) is 4.62. The lowest BCUT2D eigenvalue weighted by Crippen LogP contribution is -2.38. The summed E-state index contributed by atoms with van der Waals surface area (Å²) < 4.78 is 5.67. The standard InChI is InChI=1S/C25H26N2O3/c1-18-12-14-27(15-13-18)25(29)22-8-4-5-9-23(22)26-24(28)17-30-21-11-10-19-6-2-3-7-20(19)16-21/h2-11,16,18H,12-15,17H2,1H3,(H,26,28). The first-order chi connectivity index (χ1) is 14.6. The number of amides is 2. The SMILES string of the molecule is CC1CCN(C(=O)c2ccccc2NC(=O)COc2ccc3ccccc3c2)CC1. The lowest BCUT2D eigenvalue weighted by Gasteiger charge is -2.30. The number of hydrogen-bond donors (Lipinski definition) is 1. The number of benzene rings is 3. The van der Waals surface area contributed by atoms with Crippen LogP contribution in [0.2, 0.25) is 0 Å². The molecule has 154 valence electrons. The van der Waals surface area contributed by atoms with Crippen LogP contribution in [0.25, 0.3) is 10.8 Å². The third-order valence-corrected chi connectivity index (χ3v) is 5.59. The van der Waals surface area contributed by atoms with Gasteiger partial charge in [0.1, 0.15) is 5.75 Å². The van der Waals surface area contributed by atoms with E-state index in [-0.39, 0.29) is 18.4 Å². The van der Waals surface area contributed by atoms with E-state index in [2.05, 4.69) is 12.2 Å². The average Bonchev–Trinajstić information content (AvgIpc) is 2.78. The van der Waals surface area contributed by atoms with Gasteiger partial charge in [-0.3, -0.25) is 9.59 Å². The molecular weight excluding hydrogens is 376 g/mol. The van der Waals surface area contributed by atoms with E-state index in [0.717, 1.165) is 36.7 Å². The Kier molecular flexibility index (Phi) is 5.98. The molecule has 3 aromatic carbocycles. The summed E-state index contributed by atoms with van der Waals surface area (Å²) in [5, 5.41) is 5.01. The summed E-state index contributed by atoms with van der Waals surface area (Å²) >= 11 is 0. The first kappa shape index (κ1) is 20.0. The summed E-state index contributed by atoms with van der Waals surface area (Å²) in [6.07, 6.45) is 2.03. The number of piperidine rings is 1. The van der Waals surface area contributed by atoms with Gasteiger partial charge in [-0.15, -0.1) is 0 Å². The highest BCUT2D eigenvalue weighted by molar-refractivity contribution is 6.04. The molecule has 1 aliphatic rings. The van der Waals surface area contributed by atoms with Gasteiger partial charge in [0.05, 0.1) is 11.3 Å². The maximum absolute atomic E-state index is 13.0. The first-order valence-electron chi connectivity index (χ1n) is 10.4. The second-order valence-corrected chi connectivity index (χ2v) is 7.87. The van der Waals surface area contributed by atoms with E-state index >= 15 is 0 Å². The number of rotatable bonds is 5. The second kappa shape index (κ2) is 8.99. The Morgan fingerprint density at radius 2 is 1.67 bits per heavy atom. The fourth-order valence-corrected chi connectivity index (χ4v) is 3.75. The molecule has 0 saturated carbocycles. The number of hydrogen-bond acceptors (Lipinski definition) is 3. The van der Waals surface area contributed by atoms with Crippen LogP contribution in [0.3, 0.4) is 0 Å². The monoisotopic (exact) mass is 402 g/mol. The largest absolute Gasteiger partial charge is 0.484 e. The van der Waals surface area contributed by atoms with Gasteiger partial charge in [0.2, 0.25) is 0 Å². The highest BCUT2D eigenvalue weighted by Crippen LogP contribution is 2.23. The zero-order valence-electron chi connectivity index (χ0n) is 17.1. The highest BCUT2D eigenvalue weighted by atomic mass is 16.5. The molecule has 0 aliphatic carbocycles. The van der Waals surface area contributed by atoms with Crippen molar-refractivity contribution in [3.05, 3.63) is 72.3 Å². The Morgan fingerprint density at radius 3 is 2.47 bits per heavy atom. The van der Waals surface area contributed by atoms with Crippen molar-refractivity contribution in [2.45, 2.75) is 19.8 Å². The molecule has 1 saturated heterocycles. The predicted octanol–water partition coefficient (Wildman–Crippen LogP) is 4.73. The number of nitrogens with one attached hydrogen (secondary N) is 1. The van der Waals surface area contributed by atoms with Crippen LogP contribution >= 0.6 is 0 Å². The summed E-state index contributed by atoms with van der Waals surface area (Å²) in [4.78, 5) is 27.3. The molecule has 1 aliphatic heterocycles. The van der Waals surface area contributed by atoms with Crippen molar-refractivity contribution in [1.82, 2.24) is 4.90 Å². The highest BCUT2D eigenvalue weighted by Gasteiger charge is 2.23. The molecular formula is C25H26N2O3. The number of fused-ring (bicyclic) bond motifs is 1. The van der Waals surface area contributed by atoms with Crippen LogP contribution in [0, 0.1) is 5.92 Å². The van der Waals surface area contributed by atoms with Gasteiger partial charge < -0.3 is 15.0 Å². The van der Waals surface area contributed by atoms with Crippen LogP contribution in [0.4, 0.5) is 5.69 Å². The summed E-state index contributed by atoms with van der Waals surface area (Å²) in [5.74, 6) is 0.954. The first-order valence-corrected chi connectivity index (χ1v) is 10.4. The molecule has 1 heterocycles. The van der Waals surface area contributed by atoms with E-state index < -0.39 is 0 Å². The van der Waals surface area contributed by atoms with Gasteiger partial charge in [0, 0.05) is 13.1 Å². The van der Waals surface area contributed by atoms with Gasteiger partial charge in [-0.25, -0.2) is 0 Å². The fourth-order valence-electron chi connectivity index (χ4n) is 3.75. The van der Waals surface area contributed by atoms with Crippen LogP contribution in [0.15, 0.2) is 66.7 Å². The van der Waals surface area contributed by atoms with Crippen molar-refractivity contribution in [2.75, 3.05) is 25.0 Å². The number of likely N-dealkylation sites (tertiary alicyclic amines) is 1. The van der Waals surface area contributed by atoms with E-state index in [1.54, 1.807) is 12.1 Å². The fraction of sp³-hybridized carbons (Fsp3) is 0.280. The Hall–Kier alpha value is -3.34. The van der Waals surface area contributed by atoms with Crippen LogP contribution in [0.1, 0.15) is 30.1 Å². The van der Waals surface area contributed by atoms with E-state index in [4.69, 9.17) is 4.74 Å². The molecule has 0 atom stereocenters. The molecule has 1 fully saturated rings. The minimum atomic E-state index is -0.296. The van der Waals surface area contributed by atoms with Crippen molar-refractivity contribution >= 4 is 28.3 Å².